The molecule has 6 nitrogen and oxygen atoms in total. The van der Waals surface area contributed by atoms with Crippen molar-refractivity contribution < 1.29 is 18.3 Å². The van der Waals surface area contributed by atoms with Crippen molar-refractivity contribution in [2.24, 2.45) is 7.05 Å². The molecule has 1 atom stereocenters. The summed E-state index contributed by atoms with van der Waals surface area (Å²) in [5, 5.41) is 9.67. The van der Waals surface area contributed by atoms with Gasteiger partial charge in [-0.1, -0.05) is 23.7 Å². The van der Waals surface area contributed by atoms with Crippen LogP contribution in [0.15, 0.2) is 30.5 Å². The predicted octanol–water partition coefficient (Wildman–Crippen LogP) is 3.53. The second-order valence-electron chi connectivity index (χ2n) is 6.37. The monoisotopic (exact) mass is 384 g/mol. The normalized spacial score (nSPS) is 19.7. The quantitative estimate of drug-likeness (QED) is 0.828. The number of urea groups is 1. The highest BCUT2D eigenvalue weighted by Crippen LogP contribution is 2.27. The third kappa shape index (κ3) is 4.31. The van der Waals surface area contributed by atoms with Crippen molar-refractivity contribution in [2.45, 2.75) is 24.8 Å². The van der Waals surface area contributed by atoms with Gasteiger partial charge in [0.25, 0.3) is 6.43 Å². The topological polar surface area (TPSA) is 68.2 Å². The zero-order chi connectivity index (χ0) is 18.7. The molecule has 1 aromatic carbocycles. The maximum atomic E-state index is 13.0. The number of nitrogens with one attached hydrogen (secondary N) is 2. The van der Waals surface area contributed by atoms with Crippen LogP contribution in [0.2, 0.25) is 5.02 Å². The number of aryl methyl sites for hydroxylation is 1. The maximum absolute atomic E-state index is 13.0. The summed E-state index contributed by atoms with van der Waals surface area (Å²) < 4.78 is 32.7. The molecule has 140 valence electrons. The number of rotatable bonds is 5. The van der Waals surface area contributed by atoms with E-state index in [1.54, 1.807) is 12.1 Å². The minimum atomic E-state index is -2.77. The Bertz CT molecular complexity index is 774. The van der Waals surface area contributed by atoms with Gasteiger partial charge < -0.3 is 15.4 Å². The average molecular weight is 385 g/mol. The lowest BCUT2D eigenvalue weighted by molar-refractivity contribution is 0.146. The zero-order valence-electron chi connectivity index (χ0n) is 14.1. The SMILES string of the molecule is Cn1cc(NC(=O)NC2(Cc3ccc(Cl)cc3)CCOC2)c(C(F)F)n1. The average Bonchev–Trinajstić information content (AvgIpc) is 3.16. The molecular weight excluding hydrogens is 366 g/mol. The number of ether oxygens (including phenoxy) is 1. The van der Waals surface area contributed by atoms with E-state index in [0.29, 0.717) is 31.1 Å². The van der Waals surface area contributed by atoms with Crippen LogP contribution >= 0.6 is 11.6 Å². The Morgan fingerprint density at radius 3 is 2.77 bits per heavy atom. The number of benzene rings is 1. The van der Waals surface area contributed by atoms with Crippen LogP contribution < -0.4 is 10.6 Å². The molecule has 9 heteroatoms. The van der Waals surface area contributed by atoms with Crippen LogP contribution in [0.3, 0.4) is 0 Å². The number of nitrogens with zero attached hydrogens (tertiary/aromatic N) is 2. The van der Waals surface area contributed by atoms with Gasteiger partial charge >= 0.3 is 6.03 Å². The van der Waals surface area contributed by atoms with Gasteiger partial charge in [-0.15, -0.1) is 0 Å². The number of anilines is 1. The molecule has 2 heterocycles. The number of hydrogen-bond donors (Lipinski definition) is 2. The summed E-state index contributed by atoms with van der Waals surface area (Å²) in [6, 6.07) is 6.77. The molecule has 0 spiro atoms. The molecule has 1 aliphatic heterocycles. The Morgan fingerprint density at radius 2 is 2.15 bits per heavy atom. The fourth-order valence-electron chi connectivity index (χ4n) is 3.04. The van der Waals surface area contributed by atoms with E-state index in [1.807, 2.05) is 12.1 Å². The number of carbonyl (C=O) groups excluding carboxylic acids is 1. The summed E-state index contributed by atoms with van der Waals surface area (Å²) in [6.07, 6.45) is -0.258. The fraction of sp³-hybridized carbons (Fsp3) is 0.412. The Hall–Kier alpha value is -2.19. The highest BCUT2D eigenvalue weighted by Gasteiger charge is 2.37. The minimum Gasteiger partial charge on any atom is -0.379 e. The lowest BCUT2D eigenvalue weighted by Crippen LogP contribution is -2.52. The lowest BCUT2D eigenvalue weighted by Gasteiger charge is -2.29. The first-order valence-electron chi connectivity index (χ1n) is 8.10. The van der Waals surface area contributed by atoms with Gasteiger partial charge in [-0.25, -0.2) is 13.6 Å². The number of hydrogen-bond acceptors (Lipinski definition) is 3. The summed E-state index contributed by atoms with van der Waals surface area (Å²) in [5.41, 5.74) is -0.0852. The first kappa shape index (κ1) is 18.6. The highest BCUT2D eigenvalue weighted by atomic mass is 35.5. The summed E-state index contributed by atoms with van der Waals surface area (Å²) in [5.74, 6) is 0. The number of halogens is 3. The second-order valence-corrected chi connectivity index (χ2v) is 6.80. The number of alkyl halides is 2. The van der Waals surface area contributed by atoms with Gasteiger partial charge in [-0.05, 0) is 30.5 Å². The van der Waals surface area contributed by atoms with Crippen molar-refractivity contribution in [1.29, 1.82) is 0 Å². The Kier molecular flexibility index (Phi) is 5.43. The van der Waals surface area contributed by atoms with Crippen LogP contribution in [-0.2, 0) is 18.2 Å². The minimum absolute atomic E-state index is 0.0134. The molecule has 0 saturated carbocycles. The van der Waals surface area contributed by atoms with E-state index in [4.69, 9.17) is 16.3 Å². The van der Waals surface area contributed by atoms with E-state index >= 15 is 0 Å². The molecule has 0 aliphatic carbocycles. The number of carbonyl (C=O) groups is 1. The Labute approximate surface area is 154 Å². The van der Waals surface area contributed by atoms with Crippen LogP contribution in [0.4, 0.5) is 19.3 Å². The highest BCUT2D eigenvalue weighted by molar-refractivity contribution is 6.30. The molecule has 1 fully saturated rings. The second kappa shape index (κ2) is 7.59. The third-order valence-corrected chi connectivity index (χ3v) is 4.50. The largest absolute Gasteiger partial charge is 0.379 e. The number of aromatic nitrogens is 2. The van der Waals surface area contributed by atoms with E-state index < -0.39 is 23.7 Å². The van der Waals surface area contributed by atoms with Crippen molar-refractivity contribution in [3.63, 3.8) is 0 Å². The molecule has 1 aliphatic rings. The summed E-state index contributed by atoms with van der Waals surface area (Å²) in [4.78, 5) is 12.4. The first-order chi connectivity index (χ1) is 12.4. The van der Waals surface area contributed by atoms with Crippen LogP contribution in [0, 0.1) is 0 Å². The molecule has 1 saturated heterocycles. The summed E-state index contributed by atoms with van der Waals surface area (Å²) >= 11 is 5.91. The zero-order valence-corrected chi connectivity index (χ0v) is 14.9. The van der Waals surface area contributed by atoms with E-state index in [2.05, 4.69) is 15.7 Å². The van der Waals surface area contributed by atoms with Gasteiger partial charge in [0.15, 0.2) is 5.69 Å². The van der Waals surface area contributed by atoms with E-state index in [1.165, 1.54) is 17.9 Å². The van der Waals surface area contributed by atoms with Gasteiger partial charge in [0, 0.05) is 24.9 Å². The smallest absolute Gasteiger partial charge is 0.319 e. The predicted molar refractivity (Wildman–Crippen MR) is 93.6 cm³/mol. The van der Waals surface area contributed by atoms with Gasteiger partial charge in [-0.2, -0.15) is 5.10 Å². The van der Waals surface area contributed by atoms with Gasteiger partial charge in [0.2, 0.25) is 0 Å². The molecule has 0 radical (unpaired) electrons. The molecule has 0 bridgehead atoms. The summed E-state index contributed by atoms with van der Waals surface area (Å²) in [7, 11) is 1.52. The molecule has 3 rings (SSSR count). The third-order valence-electron chi connectivity index (χ3n) is 4.25. The van der Waals surface area contributed by atoms with Crippen molar-refractivity contribution >= 4 is 23.3 Å². The molecule has 1 aromatic heterocycles. The molecule has 2 N–H and O–H groups in total. The molecule has 2 aromatic rings. The van der Waals surface area contributed by atoms with Crippen molar-refractivity contribution in [2.75, 3.05) is 18.5 Å². The summed E-state index contributed by atoms with van der Waals surface area (Å²) in [6.45, 7) is 0.862. The molecule has 26 heavy (non-hydrogen) atoms. The van der Waals surface area contributed by atoms with Gasteiger partial charge in [-0.3, -0.25) is 4.68 Å². The standard InChI is InChI=1S/C17H19ClF2N4O2/c1-24-9-13(14(23-24)15(19)20)21-16(25)22-17(6-7-26-10-17)8-11-2-4-12(18)5-3-11/h2-5,9,15H,6-8,10H2,1H3,(H2,21,22,25). The van der Waals surface area contributed by atoms with E-state index in [-0.39, 0.29) is 5.69 Å². The van der Waals surface area contributed by atoms with Gasteiger partial charge in [0.1, 0.15) is 0 Å². The first-order valence-corrected chi connectivity index (χ1v) is 8.48. The maximum Gasteiger partial charge on any atom is 0.319 e. The van der Waals surface area contributed by atoms with Crippen molar-refractivity contribution in [1.82, 2.24) is 15.1 Å². The Balaban J connectivity index is 1.71. The van der Waals surface area contributed by atoms with Crippen LogP contribution in [0.25, 0.3) is 0 Å². The Morgan fingerprint density at radius 1 is 1.42 bits per heavy atom. The molecule has 1 unspecified atom stereocenters. The van der Waals surface area contributed by atoms with Gasteiger partial charge in [0.05, 0.1) is 17.8 Å². The fourth-order valence-corrected chi connectivity index (χ4v) is 3.17. The van der Waals surface area contributed by atoms with E-state index in [9.17, 15) is 13.6 Å². The molecule has 2 amide bonds. The van der Waals surface area contributed by atoms with E-state index in [0.717, 1.165) is 5.56 Å². The number of amides is 2. The van der Waals surface area contributed by atoms with Crippen molar-refractivity contribution in [3.8, 4) is 0 Å². The van der Waals surface area contributed by atoms with Crippen LogP contribution in [-0.4, -0.2) is 34.6 Å². The van der Waals surface area contributed by atoms with Crippen molar-refractivity contribution in [3.05, 3.63) is 46.7 Å². The van der Waals surface area contributed by atoms with Crippen LogP contribution in [0.1, 0.15) is 24.1 Å². The van der Waals surface area contributed by atoms with Crippen LogP contribution in [0.5, 0.6) is 0 Å². The lowest BCUT2D eigenvalue weighted by atomic mass is 9.90. The molecular formula is C17H19ClF2N4O2.